The Labute approximate surface area is 120 Å². The molecule has 0 aliphatic rings. The van der Waals surface area contributed by atoms with Crippen molar-refractivity contribution >= 4 is 17.8 Å². The third-order valence-electron chi connectivity index (χ3n) is 2.70. The number of aromatic nitrogens is 1. The number of carbonyl (C=O) groups excluding carboxylic acids is 1. The fraction of sp³-hybridized carbons (Fsp3) is 0.385. The summed E-state index contributed by atoms with van der Waals surface area (Å²) >= 11 is 0. The molecule has 8 nitrogen and oxygen atoms in total. The van der Waals surface area contributed by atoms with E-state index in [4.69, 9.17) is 14.9 Å². The standard InChI is InChI=1S/C13H16N2O6/c1-21-12-8(4-3-7-14-12)11(18)15-9(13(19)20)5-2-6-10(16)17/h3-4,7,9H,2,5-6H2,1H3,(H,15,18)(H,16,17)(H,19,20)/t9-/m1/s1. The lowest BCUT2D eigenvalue weighted by Gasteiger charge is -2.14. The maximum absolute atomic E-state index is 12.0. The van der Waals surface area contributed by atoms with Crippen LogP contribution in [0.4, 0.5) is 0 Å². The molecule has 1 atom stereocenters. The molecule has 0 bridgehead atoms. The van der Waals surface area contributed by atoms with Crippen LogP contribution in [0.5, 0.6) is 5.88 Å². The van der Waals surface area contributed by atoms with Crippen molar-refractivity contribution in [1.82, 2.24) is 10.3 Å². The molecule has 0 spiro atoms. The summed E-state index contributed by atoms with van der Waals surface area (Å²) in [5, 5.41) is 19.9. The van der Waals surface area contributed by atoms with Gasteiger partial charge in [0.1, 0.15) is 11.6 Å². The number of methoxy groups -OCH3 is 1. The molecule has 0 radical (unpaired) electrons. The van der Waals surface area contributed by atoms with E-state index >= 15 is 0 Å². The molecule has 1 aromatic rings. The number of carbonyl (C=O) groups is 3. The maximum atomic E-state index is 12.0. The second-order valence-corrected chi connectivity index (χ2v) is 4.21. The van der Waals surface area contributed by atoms with Crippen LogP contribution in [0.25, 0.3) is 0 Å². The van der Waals surface area contributed by atoms with Crippen molar-refractivity contribution in [2.75, 3.05) is 7.11 Å². The molecule has 0 fully saturated rings. The van der Waals surface area contributed by atoms with Gasteiger partial charge in [-0.1, -0.05) is 0 Å². The van der Waals surface area contributed by atoms with Crippen molar-refractivity contribution < 1.29 is 29.3 Å². The Balaban J connectivity index is 2.72. The Kier molecular flexibility index (Phi) is 6.12. The molecule has 0 aromatic carbocycles. The lowest BCUT2D eigenvalue weighted by atomic mass is 10.1. The highest BCUT2D eigenvalue weighted by Gasteiger charge is 2.22. The van der Waals surface area contributed by atoms with Crippen molar-refractivity contribution in [3.8, 4) is 5.88 Å². The second kappa shape index (κ2) is 7.83. The minimum atomic E-state index is -1.23. The van der Waals surface area contributed by atoms with Gasteiger partial charge in [-0.05, 0) is 25.0 Å². The van der Waals surface area contributed by atoms with Crippen LogP contribution in [0, 0.1) is 0 Å². The summed E-state index contributed by atoms with van der Waals surface area (Å²) in [6, 6.07) is 1.82. The van der Waals surface area contributed by atoms with Gasteiger partial charge in [-0.15, -0.1) is 0 Å². The molecule has 0 aliphatic heterocycles. The molecule has 0 saturated heterocycles. The van der Waals surface area contributed by atoms with Gasteiger partial charge in [0.05, 0.1) is 7.11 Å². The smallest absolute Gasteiger partial charge is 0.326 e. The number of rotatable bonds is 8. The number of carboxylic acids is 2. The average molecular weight is 296 g/mol. The summed E-state index contributed by atoms with van der Waals surface area (Å²) in [4.78, 5) is 37.4. The van der Waals surface area contributed by atoms with E-state index in [1.165, 1.54) is 25.4 Å². The number of carboxylic acid groups (broad SMARTS) is 2. The van der Waals surface area contributed by atoms with E-state index in [1.54, 1.807) is 0 Å². The Morgan fingerprint density at radius 2 is 2.10 bits per heavy atom. The molecule has 1 aromatic heterocycles. The molecule has 3 N–H and O–H groups in total. The summed E-state index contributed by atoms with van der Waals surface area (Å²) in [5.41, 5.74) is 0.115. The fourth-order valence-electron chi connectivity index (χ4n) is 1.68. The largest absolute Gasteiger partial charge is 0.481 e. The summed E-state index contributed by atoms with van der Waals surface area (Å²) in [6.45, 7) is 0. The highest BCUT2D eigenvalue weighted by molar-refractivity contribution is 5.98. The zero-order valence-electron chi connectivity index (χ0n) is 11.4. The Morgan fingerprint density at radius 1 is 1.38 bits per heavy atom. The van der Waals surface area contributed by atoms with Crippen LogP contribution in [-0.4, -0.2) is 46.2 Å². The molecule has 1 rings (SSSR count). The SMILES string of the molecule is COc1ncccc1C(=O)N[C@H](CCCC(=O)O)C(=O)O. The van der Waals surface area contributed by atoms with Crippen LogP contribution in [0.2, 0.25) is 0 Å². The van der Waals surface area contributed by atoms with E-state index in [9.17, 15) is 14.4 Å². The number of amides is 1. The van der Waals surface area contributed by atoms with Gasteiger partial charge >= 0.3 is 11.9 Å². The third-order valence-corrected chi connectivity index (χ3v) is 2.70. The van der Waals surface area contributed by atoms with Crippen molar-refractivity contribution in [2.24, 2.45) is 0 Å². The molecular formula is C13H16N2O6. The van der Waals surface area contributed by atoms with E-state index in [2.05, 4.69) is 10.3 Å². The van der Waals surface area contributed by atoms with Gasteiger partial charge < -0.3 is 20.3 Å². The first-order valence-electron chi connectivity index (χ1n) is 6.20. The van der Waals surface area contributed by atoms with Crippen LogP contribution < -0.4 is 10.1 Å². The molecule has 1 heterocycles. The van der Waals surface area contributed by atoms with Crippen molar-refractivity contribution in [1.29, 1.82) is 0 Å². The van der Waals surface area contributed by atoms with Gasteiger partial charge in [0.2, 0.25) is 5.88 Å². The van der Waals surface area contributed by atoms with Crippen molar-refractivity contribution in [3.05, 3.63) is 23.9 Å². The van der Waals surface area contributed by atoms with Gasteiger partial charge in [0.15, 0.2) is 0 Å². The maximum Gasteiger partial charge on any atom is 0.326 e. The minimum Gasteiger partial charge on any atom is -0.481 e. The molecule has 1 amide bonds. The molecule has 114 valence electrons. The van der Waals surface area contributed by atoms with Crippen LogP contribution in [0.1, 0.15) is 29.6 Å². The molecule has 8 heteroatoms. The Hall–Kier alpha value is -2.64. The number of hydrogen-bond donors (Lipinski definition) is 3. The van der Waals surface area contributed by atoms with E-state index in [0.717, 1.165) is 0 Å². The zero-order valence-corrected chi connectivity index (χ0v) is 11.4. The summed E-state index contributed by atoms with van der Waals surface area (Å²) in [5.74, 6) is -2.79. The highest BCUT2D eigenvalue weighted by atomic mass is 16.5. The van der Waals surface area contributed by atoms with Gasteiger partial charge in [-0.3, -0.25) is 9.59 Å². The van der Waals surface area contributed by atoms with Crippen molar-refractivity contribution in [3.63, 3.8) is 0 Å². The van der Waals surface area contributed by atoms with Crippen LogP contribution in [-0.2, 0) is 9.59 Å². The normalized spacial score (nSPS) is 11.5. The summed E-state index contributed by atoms with van der Waals surface area (Å²) in [7, 11) is 1.35. The predicted octanol–water partition coefficient (Wildman–Crippen LogP) is 0.528. The zero-order chi connectivity index (χ0) is 15.8. The summed E-state index contributed by atoms with van der Waals surface area (Å²) in [6.07, 6.45) is 1.46. The lowest BCUT2D eigenvalue weighted by Crippen LogP contribution is -2.41. The number of nitrogens with one attached hydrogen (secondary N) is 1. The quantitative estimate of drug-likeness (QED) is 0.638. The van der Waals surface area contributed by atoms with E-state index in [1.807, 2.05) is 0 Å². The van der Waals surface area contributed by atoms with Crippen LogP contribution in [0.3, 0.4) is 0 Å². The van der Waals surface area contributed by atoms with Gasteiger partial charge in [0.25, 0.3) is 5.91 Å². The monoisotopic (exact) mass is 296 g/mol. The minimum absolute atomic E-state index is 0.0238. The summed E-state index contributed by atoms with van der Waals surface area (Å²) < 4.78 is 4.92. The fourth-order valence-corrected chi connectivity index (χ4v) is 1.68. The molecule has 0 saturated carbocycles. The van der Waals surface area contributed by atoms with Gasteiger partial charge in [-0.2, -0.15) is 0 Å². The molecule has 21 heavy (non-hydrogen) atoms. The van der Waals surface area contributed by atoms with Crippen molar-refractivity contribution in [2.45, 2.75) is 25.3 Å². The van der Waals surface area contributed by atoms with Crippen LogP contribution in [0.15, 0.2) is 18.3 Å². The lowest BCUT2D eigenvalue weighted by molar-refractivity contribution is -0.140. The number of hydrogen-bond acceptors (Lipinski definition) is 5. The van der Waals surface area contributed by atoms with Crippen LogP contribution >= 0.6 is 0 Å². The Morgan fingerprint density at radius 3 is 2.67 bits per heavy atom. The predicted molar refractivity (Wildman–Crippen MR) is 71.2 cm³/mol. The molecular weight excluding hydrogens is 280 g/mol. The first-order valence-corrected chi connectivity index (χ1v) is 6.20. The second-order valence-electron chi connectivity index (χ2n) is 4.21. The van der Waals surface area contributed by atoms with E-state index in [-0.39, 0.29) is 30.7 Å². The molecule has 0 unspecified atom stereocenters. The average Bonchev–Trinajstić information content (AvgIpc) is 2.45. The number of nitrogens with zero attached hydrogens (tertiary/aromatic N) is 1. The Bertz CT molecular complexity index is 531. The number of ether oxygens (including phenoxy) is 1. The van der Waals surface area contributed by atoms with E-state index < -0.39 is 23.9 Å². The number of pyridine rings is 1. The molecule has 0 aliphatic carbocycles. The van der Waals surface area contributed by atoms with Gasteiger partial charge in [0, 0.05) is 12.6 Å². The highest BCUT2D eigenvalue weighted by Crippen LogP contribution is 2.14. The first kappa shape index (κ1) is 16.4. The van der Waals surface area contributed by atoms with Gasteiger partial charge in [-0.25, -0.2) is 9.78 Å². The topological polar surface area (TPSA) is 126 Å². The number of aliphatic carboxylic acids is 2. The third kappa shape index (κ3) is 5.09. The first-order chi connectivity index (χ1) is 9.95. The van der Waals surface area contributed by atoms with E-state index in [0.29, 0.717) is 0 Å².